The van der Waals surface area contributed by atoms with Crippen LogP contribution in [0, 0.1) is 0 Å². The molecule has 0 fully saturated rings. The van der Waals surface area contributed by atoms with Crippen molar-refractivity contribution in [1.29, 1.82) is 0 Å². The van der Waals surface area contributed by atoms with Crippen LogP contribution < -0.4 is 10.1 Å². The maximum atomic E-state index is 11.9. The number of unbranched alkanes of at least 4 members (excludes halogenated alkanes) is 1. The van der Waals surface area contributed by atoms with Gasteiger partial charge in [-0.3, -0.25) is 0 Å². The lowest BCUT2D eigenvalue weighted by Crippen LogP contribution is -2.16. The van der Waals surface area contributed by atoms with Gasteiger partial charge >= 0.3 is 6.18 Å². The van der Waals surface area contributed by atoms with Crippen LogP contribution in [-0.4, -0.2) is 24.8 Å². The van der Waals surface area contributed by atoms with Crippen molar-refractivity contribution in [2.75, 3.05) is 13.7 Å². The highest BCUT2D eigenvalue weighted by atomic mass is 19.4. The van der Waals surface area contributed by atoms with Crippen LogP contribution in [0.25, 0.3) is 0 Å². The van der Waals surface area contributed by atoms with Crippen molar-refractivity contribution in [2.24, 2.45) is 0 Å². The highest BCUT2D eigenvalue weighted by Crippen LogP contribution is 2.21. The smallest absolute Gasteiger partial charge is 0.389 e. The number of pyridine rings is 1. The summed E-state index contributed by atoms with van der Waals surface area (Å²) < 4.78 is 40.5. The van der Waals surface area contributed by atoms with E-state index in [9.17, 15) is 13.2 Å². The van der Waals surface area contributed by atoms with Crippen molar-refractivity contribution in [3.63, 3.8) is 0 Å². The second-order valence-electron chi connectivity index (χ2n) is 3.96. The first-order chi connectivity index (χ1) is 8.51. The normalized spacial score (nSPS) is 11.6. The number of methoxy groups -OCH3 is 1. The molecule has 0 aliphatic carbocycles. The van der Waals surface area contributed by atoms with Crippen molar-refractivity contribution < 1.29 is 17.9 Å². The maximum Gasteiger partial charge on any atom is 0.389 e. The van der Waals surface area contributed by atoms with Crippen LogP contribution in [0.1, 0.15) is 24.8 Å². The zero-order chi connectivity index (χ0) is 13.4. The Balaban J connectivity index is 2.10. The number of nitrogens with zero attached hydrogens (tertiary/aromatic N) is 1. The van der Waals surface area contributed by atoms with Crippen LogP contribution in [-0.2, 0) is 6.54 Å². The second kappa shape index (κ2) is 7.20. The van der Waals surface area contributed by atoms with E-state index in [1.807, 2.05) is 6.07 Å². The SMILES string of the molecule is COc1ccc(CNCCCCC(F)(F)F)cn1. The Morgan fingerprint density at radius 3 is 2.61 bits per heavy atom. The quantitative estimate of drug-likeness (QED) is 0.767. The molecule has 0 aliphatic rings. The first-order valence-corrected chi connectivity index (χ1v) is 5.77. The van der Waals surface area contributed by atoms with Gasteiger partial charge in [-0.25, -0.2) is 4.98 Å². The van der Waals surface area contributed by atoms with Crippen molar-refractivity contribution in [2.45, 2.75) is 32.0 Å². The molecule has 1 aromatic rings. The lowest BCUT2D eigenvalue weighted by Gasteiger charge is -2.07. The zero-order valence-electron chi connectivity index (χ0n) is 10.3. The van der Waals surface area contributed by atoms with Crippen LogP contribution in [0.15, 0.2) is 18.3 Å². The van der Waals surface area contributed by atoms with E-state index in [0.717, 1.165) is 5.56 Å². The molecular weight excluding hydrogens is 245 g/mol. The molecule has 0 saturated heterocycles. The summed E-state index contributed by atoms with van der Waals surface area (Å²) >= 11 is 0. The molecule has 102 valence electrons. The Morgan fingerprint density at radius 2 is 2.06 bits per heavy atom. The third kappa shape index (κ3) is 6.44. The lowest BCUT2D eigenvalue weighted by molar-refractivity contribution is -0.135. The molecule has 1 rings (SSSR count). The summed E-state index contributed by atoms with van der Waals surface area (Å²) in [6, 6.07) is 3.62. The number of aromatic nitrogens is 1. The summed E-state index contributed by atoms with van der Waals surface area (Å²) in [6.45, 7) is 1.17. The molecule has 0 atom stereocenters. The highest BCUT2D eigenvalue weighted by molar-refractivity contribution is 5.17. The Bertz CT molecular complexity index is 338. The molecule has 0 amide bonds. The minimum atomic E-state index is -4.04. The molecule has 0 saturated carbocycles. The summed E-state index contributed by atoms with van der Waals surface area (Å²) in [5.74, 6) is 0.545. The van der Waals surface area contributed by atoms with E-state index < -0.39 is 12.6 Å². The Morgan fingerprint density at radius 1 is 1.28 bits per heavy atom. The molecule has 1 heterocycles. The number of hydrogen-bond donors (Lipinski definition) is 1. The van der Waals surface area contributed by atoms with E-state index in [1.54, 1.807) is 19.4 Å². The molecule has 0 unspecified atom stereocenters. The van der Waals surface area contributed by atoms with Gasteiger partial charge in [0.1, 0.15) is 0 Å². The predicted octanol–water partition coefficient (Wildman–Crippen LogP) is 2.91. The third-order valence-corrected chi connectivity index (χ3v) is 2.40. The highest BCUT2D eigenvalue weighted by Gasteiger charge is 2.25. The van der Waals surface area contributed by atoms with Crippen LogP contribution in [0.2, 0.25) is 0 Å². The van der Waals surface area contributed by atoms with Crippen LogP contribution >= 0.6 is 0 Å². The summed E-state index contributed by atoms with van der Waals surface area (Å²) in [7, 11) is 1.54. The molecule has 0 radical (unpaired) electrons. The Kier molecular flexibility index (Phi) is 5.91. The molecule has 1 aromatic heterocycles. The van der Waals surface area contributed by atoms with E-state index in [2.05, 4.69) is 10.3 Å². The zero-order valence-corrected chi connectivity index (χ0v) is 10.3. The van der Waals surface area contributed by atoms with Crippen molar-refractivity contribution in [3.05, 3.63) is 23.9 Å². The fourth-order valence-electron chi connectivity index (χ4n) is 1.44. The lowest BCUT2D eigenvalue weighted by atomic mass is 10.2. The van der Waals surface area contributed by atoms with E-state index in [1.165, 1.54) is 0 Å². The van der Waals surface area contributed by atoms with Crippen LogP contribution in [0.3, 0.4) is 0 Å². The first-order valence-electron chi connectivity index (χ1n) is 5.77. The fourth-order valence-corrected chi connectivity index (χ4v) is 1.44. The second-order valence-corrected chi connectivity index (χ2v) is 3.96. The van der Waals surface area contributed by atoms with Gasteiger partial charge in [-0.1, -0.05) is 6.07 Å². The minimum Gasteiger partial charge on any atom is -0.481 e. The molecule has 0 aromatic carbocycles. The molecule has 0 aliphatic heterocycles. The number of ether oxygens (including phenoxy) is 1. The average molecular weight is 262 g/mol. The molecule has 18 heavy (non-hydrogen) atoms. The van der Waals surface area contributed by atoms with Crippen molar-refractivity contribution in [3.8, 4) is 5.88 Å². The van der Waals surface area contributed by atoms with Gasteiger partial charge in [0.15, 0.2) is 0 Å². The Labute approximate surface area is 104 Å². The standard InChI is InChI=1S/C12H17F3N2O/c1-18-11-5-4-10(9-17-11)8-16-7-3-2-6-12(13,14)15/h4-5,9,16H,2-3,6-8H2,1H3. The predicted molar refractivity (Wildman–Crippen MR) is 62.4 cm³/mol. The average Bonchev–Trinajstić information content (AvgIpc) is 2.33. The fraction of sp³-hybridized carbons (Fsp3) is 0.583. The van der Waals surface area contributed by atoms with Gasteiger partial charge in [0, 0.05) is 25.2 Å². The van der Waals surface area contributed by atoms with Gasteiger partial charge in [0.25, 0.3) is 0 Å². The number of alkyl halides is 3. The Hall–Kier alpha value is -1.30. The first kappa shape index (κ1) is 14.8. The van der Waals surface area contributed by atoms with E-state index >= 15 is 0 Å². The summed E-state index contributed by atoms with van der Waals surface area (Å²) in [4.78, 5) is 4.03. The molecule has 0 spiro atoms. The van der Waals surface area contributed by atoms with E-state index in [-0.39, 0.29) is 6.42 Å². The van der Waals surface area contributed by atoms with E-state index in [0.29, 0.717) is 25.4 Å². The third-order valence-electron chi connectivity index (χ3n) is 2.40. The molecular formula is C12H17F3N2O. The van der Waals surface area contributed by atoms with Gasteiger partial charge in [-0.15, -0.1) is 0 Å². The largest absolute Gasteiger partial charge is 0.481 e. The molecule has 0 bridgehead atoms. The number of halogens is 3. The monoisotopic (exact) mass is 262 g/mol. The van der Waals surface area contributed by atoms with Gasteiger partial charge < -0.3 is 10.1 Å². The summed E-state index contributed by atoms with van der Waals surface area (Å²) in [5, 5.41) is 3.08. The minimum absolute atomic E-state index is 0.164. The number of hydrogen-bond acceptors (Lipinski definition) is 3. The number of nitrogens with one attached hydrogen (secondary N) is 1. The number of rotatable bonds is 7. The van der Waals surface area contributed by atoms with Gasteiger partial charge in [-0.2, -0.15) is 13.2 Å². The van der Waals surface area contributed by atoms with Crippen molar-refractivity contribution >= 4 is 0 Å². The molecule has 1 N–H and O–H groups in total. The topological polar surface area (TPSA) is 34.1 Å². The maximum absolute atomic E-state index is 11.9. The van der Waals surface area contributed by atoms with Gasteiger partial charge in [0.05, 0.1) is 7.11 Å². The van der Waals surface area contributed by atoms with Crippen LogP contribution in [0.5, 0.6) is 5.88 Å². The summed E-state index contributed by atoms with van der Waals surface area (Å²) in [6.07, 6.45) is -2.39. The molecule has 3 nitrogen and oxygen atoms in total. The molecule has 6 heteroatoms. The van der Waals surface area contributed by atoms with Gasteiger partial charge in [0.2, 0.25) is 5.88 Å². The van der Waals surface area contributed by atoms with Gasteiger partial charge in [-0.05, 0) is 24.9 Å². The summed E-state index contributed by atoms with van der Waals surface area (Å²) in [5.41, 5.74) is 0.978. The van der Waals surface area contributed by atoms with E-state index in [4.69, 9.17) is 4.74 Å². The van der Waals surface area contributed by atoms with Crippen LogP contribution in [0.4, 0.5) is 13.2 Å². The van der Waals surface area contributed by atoms with Crippen molar-refractivity contribution in [1.82, 2.24) is 10.3 Å².